The Labute approximate surface area is 207 Å². The van der Waals surface area contributed by atoms with Crippen molar-refractivity contribution in [3.8, 4) is 0 Å². The number of hydrogen-bond donors (Lipinski definition) is 1. The quantitative estimate of drug-likeness (QED) is 0.249. The van der Waals surface area contributed by atoms with Gasteiger partial charge in [0.15, 0.2) is 5.16 Å². The summed E-state index contributed by atoms with van der Waals surface area (Å²) in [4.78, 5) is 12.5. The summed E-state index contributed by atoms with van der Waals surface area (Å²) in [6.45, 7) is 8.39. The normalized spacial score (nSPS) is 10.9. The molecule has 3 rings (SSSR count). The van der Waals surface area contributed by atoms with E-state index in [4.69, 9.17) is 23.2 Å². The Morgan fingerprint density at radius 2 is 1.94 bits per heavy atom. The van der Waals surface area contributed by atoms with Crippen molar-refractivity contribution < 1.29 is 4.79 Å². The SMILES string of the molecule is C=CCn1c(CSCc2ccc(Cl)c(Cl)c2)nnc1SCC(=O)Nc1cc(C)ccc1C. The van der Waals surface area contributed by atoms with Gasteiger partial charge in [0.25, 0.3) is 0 Å². The van der Waals surface area contributed by atoms with Gasteiger partial charge in [0.2, 0.25) is 5.91 Å². The lowest BCUT2D eigenvalue weighted by Gasteiger charge is -2.10. The third-order valence-corrected chi connectivity index (χ3v) is 7.29. The van der Waals surface area contributed by atoms with Gasteiger partial charge >= 0.3 is 0 Å². The molecule has 9 heteroatoms. The number of rotatable bonds is 10. The number of benzene rings is 2. The van der Waals surface area contributed by atoms with Crippen molar-refractivity contribution in [1.29, 1.82) is 0 Å². The third kappa shape index (κ3) is 6.78. The van der Waals surface area contributed by atoms with Crippen molar-refractivity contribution in [3.63, 3.8) is 0 Å². The van der Waals surface area contributed by atoms with E-state index < -0.39 is 0 Å². The Bertz CT molecular complexity index is 1120. The van der Waals surface area contributed by atoms with Gasteiger partial charge in [-0.2, -0.15) is 0 Å². The number of hydrogen-bond acceptors (Lipinski definition) is 5. The molecule has 0 atom stereocenters. The Morgan fingerprint density at radius 3 is 2.69 bits per heavy atom. The number of carbonyl (C=O) groups is 1. The molecule has 0 saturated heterocycles. The maximum atomic E-state index is 12.5. The van der Waals surface area contributed by atoms with E-state index in [1.807, 2.05) is 48.7 Å². The molecule has 0 fully saturated rings. The maximum Gasteiger partial charge on any atom is 0.234 e. The average Bonchev–Trinajstić information content (AvgIpc) is 3.14. The minimum absolute atomic E-state index is 0.0765. The second-order valence-corrected chi connectivity index (χ2v) is 9.94. The highest BCUT2D eigenvalue weighted by Crippen LogP contribution is 2.26. The number of allylic oxidation sites excluding steroid dienone is 1. The fourth-order valence-electron chi connectivity index (χ4n) is 2.92. The van der Waals surface area contributed by atoms with E-state index in [0.717, 1.165) is 34.0 Å². The second kappa shape index (κ2) is 11.8. The number of aromatic nitrogens is 3. The minimum Gasteiger partial charge on any atom is -0.325 e. The summed E-state index contributed by atoms with van der Waals surface area (Å²) < 4.78 is 1.99. The number of halogens is 2. The molecule has 32 heavy (non-hydrogen) atoms. The van der Waals surface area contributed by atoms with Crippen LogP contribution in [-0.2, 0) is 22.8 Å². The van der Waals surface area contributed by atoms with E-state index in [-0.39, 0.29) is 11.7 Å². The summed E-state index contributed by atoms with van der Waals surface area (Å²) >= 11 is 15.1. The van der Waals surface area contributed by atoms with Crippen LogP contribution >= 0.6 is 46.7 Å². The molecule has 0 bridgehead atoms. The molecule has 0 aliphatic heterocycles. The summed E-state index contributed by atoms with van der Waals surface area (Å²) in [6, 6.07) is 11.6. The van der Waals surface area contributed by atoms with Crippen LogP contribution in [0.15, 0.2) is 54.2 Å². The number of amides is 1. The predicted molar refractivity (Wildman–Crippen MR) is 137 cm³/mol. The number of carbonyl (C=O) groups excluding carboxylic acids is 1. The molecule has 1 N–H and O–H groups in total. The molecule has 0 aliphatic carbocycles. The molecule has 0 saturated carbocycles. The summed E-state index contributed by atoms with van der Waals surface area (Å²) in [6.07, 6.45) is 1.80. The first kappa shape index (κ1) is 24.7. The van der Waals surface area contributed by atoms with Gasteiger partial charge in [-0.3, -0.25) is 4.79 Å². The first-order valence-corrected chi connectivity index (χ1v) is 12.8. The molecule has 1 heterocycles. The van der Waals surface area contributed by atoms with Crippen molar-refractivity contribution in [2.75, 3.05) is 11.1 Å². The highest BCUT2D eigenvalue weighted by molar-refractivity contribution is 7.99. The summed E-state index contributed by atoms with van der Waals surface area (Å²) in [5.74, 6) is 2.47. The number of aryl methyl sites for hydroxylation is 2. The molecule has 0 spiro atoms. The zero-order valence-corrected chi connectivity index (χ0v) is 21.0. The van der Waals surface area contributed by atoms with E-state index in [0.29, 0.717) is 27.5 Å². The van der Waals surface area contributed by atoms with E-state index in [1.54, 1.807) is 23.9 Å². The second-order valence-electron chi connectivity index (χ2n) is 7.19. The topological polar surface area (TPSA) is 59.8 Å². The van der Waals surface area contributed by atoms with Gasteiger partial charge in [0.1, 0.15) is 5.82 Å². The molecule has 0 unspecified atom stereocenters. The first-order chi connectivity index (χ1) is 15.4. The Balaban J connectivity index is 1.58. The van der Waals surface area contributed by atoms with Crippen molar-refractivity contribution in [2.45, 2.75) is 37.1 Å². The third-order valence-electron chi connectivity index (χ3n) is 4.59. The van der Waals surface area contributed by atoms with E-state index in [1.165, 1.54) is 11.8 Å². The van der Waals surface area contributed by atoms with Crippen LogP contribution in [0.3, 0.4) is 0 Å². The monoisotopic (exact) mass is 506 g/mol. The van der Waals surface area contributed by atoms with Crippen LogP contribution in [0.2, 0.25) is 10.0 Å². The van der Waals surface area contributed by atoms with Gasteiger partial charge in [0, 0.05) is 18.0 Å². The molecule has 0 radical (unpaired) electrons. The molecule has 168 valence electrons. The number of nitrogens with zero attached hydrogens (tertiary/aromatic N) is 3. The Kier molecular flexibility index (Phi) is 9.11. The number of anilines is 1. The standard InChI is InChI=1S/C23H24Cl2N4OS2/c1-4-9-29-21(13-31-12-17-7-8-18(24)19(25)11-17)27-28-23(29)32-14-22(30)26-20-10-15(2)5-6-16(20)3/h4-8,10-11H,1,9,12-14H2,2-3H3,(H,26,30). The summed E-state index contributed by atoms with van der Waals surface area (Å²) in [7, 11) is 0. The zero-order valence-electron chi connectivity index (χ0n) is 17.9. The lowest BCUT2D eigenvalue weighted by molar-refractivity contribution is -0.113. The molecule has 1 aromatic heterocycles. The average molecular weight is 508 g/mol. The molecular weight excluding hydrogens is 483 g/mol. The molecule has 2 aromatic carbocycles. The van der Waals surface area contributed by atoms with Gasteiger partial charge in [-0.1, -0.05) is 59.2 Å². The van der Waals surface area contributed by atoms with Crippen molar-refractivity contribution in [3.05, 3.63) is 81.6 Å². The minimum atomic E-state index is -0.0765. The molecule has 1 amide bonds. The number of nitrogens with one attached hydrogen (secondary N) is 1. The van der Waals surface area contributed by atoms with Crippen LogP contribution in [0.5, 0.6) is 0 Å². The predicted octanol–water partition coefficient (Wildman–Crippen LogP) is 6.55. The van der Waals surface area contributed by atoms with Crippen molar-refractivity contribution >= 4 is 58.3 Å². The van der Waals surface area contributed by atoms with Gasteiger partial charge in [-0.25, -0.2) is 0 Å². The highest BCUT2D eigenvalue weighted by Gasteiger charge is 2.14. The van der Waals surface area contributed by atoms with Crippen molar-refractivity contribution in [2.24, 2.45) is 0 Å². The van der Waals surface area contributed by atoms with Gasteiger partial charge in [-0.05, 0) is 48.7 Å². The van der Waals surface area contributed by atoms with E-state index in [9.17, 15) is 4.79 Å². The first-order valence-electron chi connectivity index (χ1n) is 9.92. The van der Waals surface area contributed by atoms with Crippen molar-refractivity contribution in [1.82, 2.24) is 14.8 Å². The van der Waals surface area contributed by atoms with Crippen LogP contribution in [0.25, 0.3) is 0 Å². The van der Waals surface area contributed by atoms with E-state index >= 15 is 0 Å². The van der Waals surface area contributed by atoms with Crippen LogP contribution in [-0.4, -0.2) is 26.4 Å². The molecule has 5 nitrogen and oxygen atoms in total. The molecule has 3 aromatic rings. The van der Waals surface area contributed by atoms with Crippen LogP contribution < -0.4 is 5.32 Å². The van der Waals surface area contributed by atoms with Gasteiger partial charge < -0.3 is 9.88 Å². The van der Waals surface area contributed by atoms with Gasteiger partial charge in [0.05, 0.1) is 21.6 Å². The highest BCUT2D eigenvalue weighted by atomic mass is 35.5. The van der Waals surface area contributed by atoms with Crippen LogP contribution in [0.1, 0.15) is 22.5 Å². The maximum absolute atomic E-state index is 12.5. The van der Waals surface area contributed by atoms with Crippen LogP contribution in [0.4, 0.5) is 5.69 Å². The lowest BCUT2D eigenvalue weighted by atomic mass is 10.1. The largest absolute Gasteiger partial charge is 0.325 e. The fraction of sp³-hybridized carbons (Fsp3) is 0.261. The summed E-state index contributed by atoms with van der Waals surface area (Å²) in [5.41, 5.74) is 4.07. The Morgan fingerprint density at radius 1 is 1.12 bits per heavy atom. The van der Waals surface area contributed by atoms with Gasteiger partial charge in [-0.15, -0.1) is 28.5 Å². The Hall–Kier alpha value is -1.93. The zero-order chi connectivity index (χ0) is 23.1. The molecular formula is C23H24Cl2N4OS2. The van der Waals surface area contributed by atoms with E-state index in [2.05, 4.69) is 22.1 Å². The fourth-order valence-corrected chi connectivity index (χ4v) is 4.92. The molecule has 0 aliphatic rings. The lowest BCUT2D eigenvalue weighted by Crippen LogP contribution is -2.15. The smallest absolute Gasteiger partial charge is 0.234 e. The summed E-state index contributed by atoms with van der Waals surface area (Å²) in [5, 5.41) is 13.4. The van der Waals surface area contributed by atoms with Crippen LogP contribution in [0, 0.1) is 13.8 Å². The number of thioether (sulfide) groups is 2.